The Labute approximate surface area is 137 Å². The van der Waals surface area contributed by atoms with Gasteiger partial charge < -0.3 is 11.1 Å². The topological polar surface area (TPSA) is 38.0 Å². The number of aryl methyl sites for hydroxylation is 1. The van der Waals surface area contributed by atoms with E-state index in [1.165, 1.54) is 56.8 Å². The van der Waals surface area contributed by atoms with E-state index in [2.05, 4.69) is 50.4 Å². The molecule has 2 nitrogen and oxygen atoms in total. The van der Waals surface area contributed by atoms with Gasteiger partial charge in [0.2, 0.25) is 0 Å². The second-order valence-corrected chi connectivity index (χ2v) is 7.37. The largest absolute Gasteiger partial charge is 0.325 e. The zero-order valence-electron chi connectivity index (χ0n) is 14.5. The quantitative estimate of drug-likeness (QED) is 0.515. The third-order valence-electron chi connectivity index (χ3n) is 5.31. The van der Waals surface area contributed by atoms with Gasteiger partial charge in [-0.05, 0) is 57.1 Å². The van der Waals surface area contributed by atoms with Gasteiger partial charge in [0, 0.05) is 11.6 Å². The average Bonchev–Trinajstić information content (AvgIpc) is 2.46. The van der Waals surface area contributed by atoms with Gasteiger partial charge in [0.05, 0.1) is 0 Å². The Kier molecular flexibility index (Phi) is 6.97. The molecule has 0 amide bonds. The molecule has 1 aliphatic carbocycles. The first-order chi connectivity index (χ1) is 10.6. The molecule has 1 aliphatic rings. The lowest BCUT2D eigenvalue weighted by Crippen LogP contribution is -2.55. The zero-order chi connectivity index (χ0) is 15.8. The predicted molar refractivity (Wildman–Crippen MR) is 99.1 cm³/mol. The summed E-state index contributed by atoms with van der Waals surface area (Å²) in [6, 6.07) is 11.5. The van der Waals surface area contributed by atoms with Crippen LogP contribution in [0.25, 0.3) is 0 Å². The summed E-state index contributed by atoms with van der Waals surface area (Å²) in [5.41, 5.74) is 8.03. The number of benzene rings is 1. The van der Waals surface area contributed by atoms with Crippen LogP contribution in [0.5, 0.6) is 0 Å². The first-order valence-electron chi connectivity index (χ1n) is 9.18. The fraction of sp³-hybridized carbons (Fsp3) is 0.684. The Morgan fingerprint density at radius 1 is 1.18 bits per heavy atom. The molecule has 1 saturated carbocycles. The molecular weight excluding hydrogens is 267 g/mol. The lowest BCUT2D eigenvalue weighted by molar-refractivity contribution is 0.124. The third-order valence-corrected chi connectivity index (χ3v) is 5.31. The summed E-state index contributed by atoms with van der Waals surface area (Å²) in [6.45, 7) is 3.39. The molecule has 3 N–H and O–H groups in total. The Morgan fingerprint density at radius 2 is 1.91 bits per heavy atom. The van der Waals surface area contributed by atoms with Gasteiger partial charge in [-0.15, -0.1) is 0 Å². The SMILES string of the molecule is BCCCCC(C)(N)[C@H]1C[C@@H](NCCCc2ccccc2)C1. The van der Waals surface area contributed by atoms with Crippen LogP contribution in [-0.4, -0.2) is 26.0 Å². The molecule has 1 atom stereocenters. The van der Waals surface area contributed by atoms with Crippen molar-refractivity contribution in [1.29, 1.82) is 0 Å². The van der Waals surface area contributed by atoms with E-state index >= 15 is 0 Å². The Bertz CT molecular complexity index is 413. The summed E-state index contributed by atoms with van der Waals surface area (Å²) in [6.07, 6.45) is 10.0. The fourth-order valence-corrected chi connectivity index (χ4v) is 3.53. The fourth-order valence-electron chi connectivity index (χ4n) is 3.53. The third kappa shape index (κ3) is 5.44. The molecule has 1 aromatic carbocycles. The highest BCUT2D eigenvalue weighted by Gasteiger charge is 2.39. The van der Waals surface area contributed by atoms with E-state index in [9.17, 15) is 0 Å². The van der Waals surface area contributed by atoms with Crippen LogP contribution in [0.4, 0.5) is 0 Å². The number of rotatable bonds is 10. The van der Waals surface area contributed by atoms with Crippen molar-refractivity contribution in [2.75, 3.05) is 6.54 Å². The van der Waals surface area contributed by atoms with Crippen molar-refractivity contribution < 1.29 is 0 Å². The first-order valence-corrected chi connectivity index (χ1v) is 9.18. The lowest BCUT2D eigenvalue weighted by atomic mass is 9.67. The maximum Gasteiger partial charge on any atom is 0.101 e. The molecule has 2 rings (SSSR count). The Morgan fingerprint density at radius 3 is 2.59 bits per heavy atom. The molecule has 22 heavy (non-hydrogen) atoms. The molecule has 0 saturated heterocycles. The van der Waals surface area contributed by atoms with Crippen LogP contribution in [-0.2, 0) is 6.42 Å². The highest BCUT2D eigenvalue weighted by Crippen LogP contribution is 2.37. The molecule has 0 heterocycles. The Balaban J connectivity index is 1.55. The van der Waals surface area contributed by atoms with Crippen molar-refractivity contribution in [2.24, 2.45) is 11.7 Å². The highest BCUT2D eigenvalue weighted by molar-refractivity contribution is 6.08. The van der Waals surface area contributed by atoms with E-state index in [1.807, 2.05) is 0 Å². The molecule has 0 radical (unpaired) electrons. The van der Waals surface area contributed by atoms with Gasteiger partial charge in [-0.3, -0.25) is 0 Å². The number of nitrogens with one attached hydrogen (secondary N) is 1. The molecule has 1 aromatic rings. The number of unbranched alkanes of at least 4 members (excludes halogenated alkanes) is 1. The normalized spacial score (nSPS) is 23.7. The van der Waals surface area contributed by atoms with Gasteiger partial charge in [0.15, 0.2) is 0 Å². The molecule has 3 heteroatoms. The number of hydrogen-bond acceptors (Lipinski definition) is 2. The van der Waals surface area contributed by atoms with Crippen LogP contribution in [0.2, 0.25) is 6.32 Å². The molecular formula is C19H33BN2. The second-order valence-electron chi connectivity index (χ2n) is 7.37. The van der Waals surface area contributed by atoms with Gasteiger partial charge in [-0.2, -0.15) is 0 Å². The summed E-state index contributed by atoms with van der Waals surface area (Å²) in [5.74, 6) is 0.718. The van der Waals surface area contributed by atoms with Crippen LogP contribution in [0.3, 0.4) is 0 Å². The average molecular weight is 300 g/mol. The molecule has 1 fully saturated rings. The van der Waals surface area contributed by atoms with Crippen LogP contribution in [0, 0.1) is 5.92 Å². The van der Waals surface area contributed by atoms with Crippen molar-refractivity contribution in [1.82, 2.24) is 5.32 Å². The monoisotopic (exact) mass is 300 g/mol. The predicted octanol–water partition coefficient (Wildman–Crippen LogP) is 2.93. The van der Waals surface area contributed by atoms with Crippen molar-refractivity contribution in [3.8, 4) is 0 Å². The highest BCUT2D eigenvalue weighted by atomic mass is 14.9. The van der Waals surface area contributed by atoms with Crippen LogP contribution in [0.15, 0.2) is 30.3 Å². The second kappa shape index (κ2) is 8.74. The van der Waals surface area contributed by atoms with Crippen molar-refractivity contribution >= 4 is 7.85 Å². The van der Waals surface area contributed by atoms with E-state index in [1.54, 1.807) is 0 Å². The van der Waals surface area contributed by atoms with E-state index < -0.39 is 0 Å². The van der Waals surface area contributed by atoms with E-state index in [0.29, 0.717) is 6.04 Å². The molecule has 0 bridgehead atoms. The summed E-state index contributed by atoms with van der Waals surface area (Å²) in [7, 11) is 2.26. The summed E-state index contributed by atoms with van der Waals surface area (Å²) >= 11 is 0. The van der Waals surface area contributed by atoms with Crippen molar-refractivity contribution in [3.63, 3.8) is 0 Å². The molecule has 122 valence electrons. The standard InChI is InChI=1S/C19H33BN2/c1-19(21,11-5-6-12-20)17-14-18(15-17)22-13-7-10-16-8-3-2-4-9-16/h2-4,8-9,17-18,22H,5-7,10-15,20-21H2,1H3/t17-,18+,19?. The van der Waals surface area contributed by atoms with Gasteiger partial charge >= 0.3 is 0 Å². The van der Waals surface area contributed by atoms with Crippen LogP contribution < -0.4 is 11.1 Å². The van der Waals surface area contributed by atoms with Gasteiger partial charge in [0.1, 0.15) is 7.85 Å². The van der Waals surface area contributed by atoms with Gasteiger partial charge in [-0.1, -0.05) is 49.5 Å². The maximum absolute atomic E-state index is 6.53. The minimum absolute atomic E-state index is 0.0530. The number of hydrogen-bond donors (Lipinski definition) is 2. The number of nitrogens with two attached hydrogens (primary N) is 1. The van der Waals surface area contributed by atoms with E-state index in [-0.39, 0.29) is 5.54 Å². The Hall–Kier alpha value is -0.795. The van der Waals surface area contributed by atoms with Crippen molar-refractivity contribution in [3.05, 3.63) is 35.9 Å². The van der Waals surface area contributed by atoms with Gasteiger partial charge in [-0.25, -0.2) is 0 Å². The molecule has 0 aromatic heterocycles. The van der Waals surface area contributed by atoms with Crippen LogP contribution in [0.1, 0.15) is 51.0 Å². The molecule has 0 spiro atoms. The zero-order valence-corrected chi connectivity index (χ0v) is 14.5. The van der Waals surface area contributed by atoms with E-state index in [4.69, 9.17) is 5.73 Å². The van der Waals surface area contributed by atoms with Crippen molar-refractivity contribution in [2.45, 2.75) is 69.8 Å². The first kappa shape index (κ1) is 17.6. The van der Waals surface area contributed by atoms with E-state index in [0.717, 1.165) is 12.5 Å². The molecule has 1 unspecified atom stereocenters. The minimum atomic E-state index is 0.0530. The lowest BCUT2D eigenvalue weighted by Gasteiger charge is -2.46. The smallest absolute Gasteiger partial charge is 0.101 e. The summed E-state index contributed by atoms with van der Waals surface area (Å²) in [4.78, 5) is 0. The minimum Gasteiger partial charge on any atom is -0.325 e. The van der Waals surface area contributed by atoms with Crippen LogP contribution >= 0.6 is 0 Å². The maximum atomic E-state index is 6.53. The summed E-state index contributed by atoms with van der Waals surface area (Å²) < 4.78 is 0. The van der Waals surface area contributed by atoms with Gasteiger partial charge in [0.25, 0.3) is 0 Å². The molecule has 0 aliphatic heterocycles. The summed E-state index contributed by atoms with van der Waals surface area (Å²) in [5, 5.41) is 3.70.